The Labute approximate surface area is 131 Å². The van der Waals surface area contributed by atoms with E-state index in [4.69, 9.17) is 32.7 Å². The second kappa shape index (κ2) is 6.52. The minimum absolute atomic E-state index is 0.0773. The van der Waals surface area contributed by atoms with Gasteiger partial charge in [0.05, 0.1) is 19.2 Å². The molecule has 0 aromatic heterocycles. The normalized spacial score (nSPS) is 12.1. The highest BCUT2D eigenvalue weighted by atomic mass is 35.5. The van der Waals surface area contributed by atoms with E-state index in [2.05, 4.69) is 0 Å². The SMILES string of the molecule is COc1ccc(C(O)c2ccc(Cl)cc2F)c(Cl)c1OC. The van der Waals surface area contributed by atoms with E-state index in [1.807, 2.05) is 0 Å². The molecule has 0 aliphatic rings. The maximum absolute atomic E-state index is 13.9. The molecule has 0 aliphatic heterocycles. The summed E-state index contributed by atoms with van der Waals surface area (Å²) >= 11 is 11.9. The van der Waals surface area contributed by atoms with Crippen LogP contribution in [0, 0.1) is 5.82 Å². The number of aliphatic hydroxyl groups is 1. The summed E-state index contributed by atoms with van der Waals surface area (Å²) in [5, 5.41) is 10.8. The van der Waals surface area contributed by atoms with Gasteiger partial charge >= 0.3 is 0 Å². The van der Waals surface area contributed by atoms with Crippen molar-refractivity contribution in [1.82, 2.24) is 0 Å². The lowest BCUT2D eigenvalue weighted by Gasteiger charge is -2.17. The summed E-state index contributed by atoms with van der Waals surface area (Å²) < 4.78 is 24.2. The van der Waals surface area contributed by atoms with E-state index >= 15 is 0 Å². The number of halogens is 3. The van der Waals surface area contributed by atoms with Crippen molar-refractivity contribution in [3.05, 3.63) is 57.3 Å². The smallest absolute Gasteiger partial charge is 0.179 e. The van der Waals surface area contributed by atoms with Crippen LogP contribution in [0.2, 0.25) is 10.0 Å². The van der Waals surface area contributed by atoms with Crippen molar-refractivity contribution in [2.24, 2.45) is 0 Å². The van der Waals surface area contributed by atoms with E-state index < -0.39 is 11.9 Å². The molecule has 0 saturated heterocycles. The molecule has 0 heterocycles. The molecular weight excluding hydrogens is 318 g/mol. The lowest BCUT2D eigenvalue weighted by atomic mass is 10.0. The first-order valence-electron chi connectivity index (χ1n) is 6.03. The monoisotopic (exact) mass is 330 g/mol. The van der Waals surface area contributed by atoms with Crippen LogP contribution in [0.15, 0.2) is 30.3 Å². The van der Waals surface area contributed by atoms with Crippen LogP contribution in [-0.2, 0) is 0 Å². The summed E-state index contributed by atoms with van der Waals surface area (Å²) in [5.41, 5.74) is 0.393. The minimum atomic E-state index is -1.24. The summed E-state index contributed by atoms with van der Waals surface area (Å²) in [6.45, 7) is 0. The van der Waals surface area contributed by atoms with Crippen molar-refractivity contribution in [2.45, 2.75) is 6.10 Å². The predicted octanol–water partition coefficient (Wildman–Crippen LogP) is 4.23. The Morgan fingerprint density at radius 2 is 1.71 bits per heavy atom. The van der Waals surface area contributed by atoms with Gasteiger partial charge in [-0.15, -0.1) is 0 Å². The number of hydrogen-bond acceptors (Lipinski definition) is 3. The molecule has 0 aliphatic carbocycles. The van der Waals surface area contributed by atoms with Crippen molar-refractivity contribution in [1.29, 1.82) is 0 Å². The maximum Gasteiger partial charge on any atom is 0.179 e. The van der Waals surface area contributed by atoms with Crippen molar-refractivity contribution in [2.75, 3.05) is 14.2 Å². The Morgan fingerprint density at radius 3 is 2.29 bits per heavy atom. The van der Waals surface area contributed by atoms with Gasteiger partial charge in [-0.2, -0.15) is 0 Å². The fourth-order valence-electron chi connectivity index (χ4n) is 2.01. The Bertz CT molecular complexity index is 662. The van der Waals surface area contributed by atoms with Gasteiger partial charge < -0.3 is 14.6 Å². The number of rotatable bonds is 4. The topological polar surface area (TPSA) is 38.7 Å². The van der Waals surface area contributed by atoms with Crippen LogP contribution in [0.4, 0.5) is 4.39 Å². The zero-order chi connectivity index (χ0) is 15.6. The molecule has 1 N–H and O–H groups in total. The highest BCUT2D eigenvalue weighted by molar-refractivity contribution is 6.33. The fraction of sp³-hybridized carbons (Fsp3) is 0.200. The Morgan fingerprint density at radius 1 is 1.05 bits per heavy atom. The van der Waals surface area contributed by atoms with Crippen molar-refractivity contribution >= 4 is 23.2 Å². The van der Waals surface area contributed by atoms with Crippen LogP contribution in [0.25, 0.3) is 0 Å². The summed E-state index contributed by atoms with van der Waals surface area (Å²) in [7, 11) is 2.91. The second-order valence-corrected chi connectivity index (χ2v) is 5.09. The first-order valence-corrected chi connectivity index (χ1v) is 6.78. The van der Waals surface area contributed by atoms with Crippen molar-refractivity contribution in [3.63, 3.8) is 0 Å². The van der Waals surface area contributed by atoms with Gasteiger partial charge in [0.2, 0.25) is 0 Å². The molecule has 21 heavy (non-hydrogen) atoms. The largest absolute Gasteiger partial charge is 0.493 e. The molecule has 2 aromatic carbocycles. The molecule has 3 nitrogen and oxygen atoms in total. The van der Waals surface area contributed by atoms with Gasteiger partial charge in [-0.05, 0) is 18.2 Å². The zero-order valence-electron chi connectivity index (χ0n) is 11.4. The molecule has 2 aromatic rings. The first-order chi connectivity index (χ1) is 9.99. The molecule has 0 radical (unpaired) electrons. The lowest BCUT2D eigenvalue weighted by Crippen LogP contribution is -2.05. The van der Waals surface area contributed by atoms with Gasteiger partial charge in [-0.3, -0.25) is 0 Å². The number of benzene rings is 2. The average molecular weight is 331 g/mol. The summed E-state index contributed by atoms with van der Waals surface area (Å²) in [6, 6.07) is 7.20. The molecule has 112 valence electrons. The molecule has 2 rings (SSSR count). The van der Waals surface area contributed by atoms with E-state index in [1.165, 1.54) is 26.4 Å². The third-order valence-electron chi connectivity index (χ3n) is 3.07. The van der Waals surface area contributed by atoms with Gasteiger partial charge in [-0.1, -0.05) is 35.3 Å². The lowest BCUT2D eigenvalue weighted by molar-refractivity contribution is 0.214. The quantitative estimate of drug-likeness (QED) is 0.911. The van der Waals surface area contributed by atoms with E-state index in [0.29, 0.717) is 11.3 Å². The van der Waals surface area contributed by atoms with Crippen LogP contribution in [0.3, 0.4) is 0 Å². The first kappa shape index (κ1) is 15.9. The predicted molar refractivity (Wildman–Crippen MR) is 80.0 cm³/mol. The molecule has 0 fully saturated rings. The summed E-state index contributed by atoms with van der Waals surface area (Å²) in [4.78, 5) is 0. The Kier molecular flexibility index (Phi) is 4.93. The molecule has 1 unspecified atom stereocenters. The van der Waals surface area contributed by atoms with E-state index in [0.717, 1.165) is 6.07 Å². The van der Waals surface area contributed by atoms with E-state index in [9.17, 15) is 9.50 Å². The van der Waals surface area contributed by atoms with Gasteiger partial charge in [-0.25, -0.2) is 4.39 Å². The highest BCUT2D eigenvalue weighted by Gasteiger charge is 2.22. The van der Waals surface area contributed by atoms with Gasteiger partial charge in [0.25, 0.3) is 0 Å². The van der Waals surface area contributed by atoms with Gasteiger partial charge in [0.1, 0.15) is 11.9 Å². The fourth-order valence-corrected chi connectivity index (χ4v) is 2.50. The van der Waals surface area contributed by atoms with Gasteiger partial charge in [0, 0.05) is 16.1 Å². The third-order valence-corrected chi connectivity index (χ3v) is 3.69. The van der Waals surface area contributed by atoms with Crippen LogP contribution in [-0.4, -0.2) is 19.3 Å². The van der Waals surface area contributed by atoms with Crippen LogP contribution in [0.5, 0.6) is 11.5 Å². The third kappa shape index (κ3) is 3.07. The van der Waals surface area contributed by atoms with Crippen molar-refractivity contribution in [3.8, 4) is 11.5 Å². The Balaban J connectivity index is 2.51. The number of ether oxygens (including phenoxy) is 2. The minimum Gasteiger partial charge on any atom is -0.493 e. The van der Waals surface area contributed by atoms with Gasteiger partial charge in [0.15, 0.2) is 11.5 Å². The Hall–Kier alpha value is -1.49. The number of hydrogen-bond donors (Lipinski definition) is 1. The van der Waals surface area contributed by atoms with E-state index in [-0.39, 0.29) is 21.4 Å². The molecule has 6 heteroatoms. The maximum atomic E-state index is 13.9. The van der Waals surface area contributed by atoms with E-state index in [1.54, 1.807) is 12.1 Å². The number of methoxy groups -OCH3 is 2. The average Bonchev–Trinajstić information content (AvgIpc) is 2.46. The molecule has 0 spiro atoms. The molecule has 0 saturated carbocycles. The summed E-state index contributed by atoms with van der Waals surface area (Å²) in [5.74, 6) is 0.0981. The highest BCUT2D eigenvalue weighted by Crippen LogP contribution is 2.41. The summed E-state index contributed by atoms with van der Waals surface area (Å²) in [6.07, 6.45) is -1.24. The second-order valence-electron chi connectivity index (χ2n) is 4.27. The van der Waals surface area contributed by atoms with Crippen LogP contribution < -0.4 is 9.47 Å². The van der Waals surface area contributed by atoms with Crippen molar-refractivity contribution < 1.29 is 19.0 Å². The molecular formula is C15H13Cl2FO3. The van der Waals surface area contributed by atoms with Crippen LogP contribution in [0.1, 0.15) is 17.2 Å². The molecule has 1 atom stereocenters. The zero-order valence-corrected chi connectivity index (χ0v) is 12.9. The standard InChI is InChI=1S/C15H13Cl2FO3/c1-20-12-6-5-10(13(17)15(12)21-2)14(19)9-4-3-8(16)7-11(9)18/h3-7,14,19H,1-2H3. The number of aliphatic hydroxyl groups excluding tert-OH is 1. The van der Waals surface area contributed by atoms with Crippen LogP contribution >= 0.6 is 23.2 Å². The molecule has 0 amide bonds. The molecule has 0 bridgehead atoms.